The SMILES string of the molecule is CCOc1c(-c2ccccc2)[nH]c2ccccc12. The number of para-hydroxylation sites is 1. The van der Waals surface area contributed by atoms with E-state index >= 15 is 0 Å². The highest BCUT2D eigenvalue weighted by Crippen LogP contribution is 2.36. The second-order valence-corrected chi connectivity index (χ2v) is 4.17. The Hall–Kier alpha value is -2.22. The lowest BCUT2D eigenvalue weighted by Crippen LogP contribution is -1.92. The van der Waals surface area contributed by atoms with Gasteiger partial charge in [0.05, 0.1) is 12.3 Å². The van der Waals surface area contributed by atoms with Crippen molar-refractivity contribution in [3.8, 4) is 17.0 Å². The van der Waals surface area contributed by atoms with Crippen LogP contribution in [-0.4, -0.2) is 11.6 Å². The van der Waals surface area contributed by atoms with E-state index in [0.29, 0.717) is 6.61 Å². The van der Waals surface area contributed by atoms with Gasteiger partial charge in [0.2, 0.25) is 0 Å². The third-order valence-electron chi connectivity index (χ3n) is 3.01. The van der Waals surface area contributed by atoms with Gasteiger partial charge < -0.3 is 9.72 Å². The number of ether oxygens (including phenoxy) is 1. The first-order valence-corrected chi connectivity index (χ1v) is 6.19. The van der Waals surface area contributed by atoms with E-state index in [0.717, 1.165) is 27.9 Å². The predicted octanol–water partition coefficient (Wildman–Crippen LogP) is 4.23. The lowest BCUT2D eigenvalue weighted by molar-refractivity contribution is 0.345. The molecule has 18 heavy (non-hydrogen) atoms. The number of aromatic amines is 1. The fourth-order valence-electron chi connectivity index (χ4n) is 2.22. The van der Waals surface area contributed by atoms with E-state index in [9.17, 15) is 0 Å². The maximum absolute atomic E-state index is 5.81. The molecule has 0 spiro atoms. The Morgan fingerprint density at radius 3 is 2.44 bits per heavy atom. The van der Waals surface area contributed by atoms with Gasteiger partial charge in [0.25, 0.3) is 0 Å². The van der Waals surface area contributed by atoms with Gasteiger partial charge in [0.1, 0.15) is 0 Å². The van der Waals surface area contributed by atoms with Gasteiger partial charge in [-0.2, -0.15) is 0 Å². The third kappa shape index (κ3) is 1.76. The van der Waals surface area contributed by atoms with Crippen molar-refractivity contribution in [3.63, 3.8) is 0 Å². The molecule has 1 heterocycles. The molecule has 0 saturated heterocycles. The molecule has 0 unspecified atom stereocenters. The summed E-state index contributed by atoms with van der Waals surface area (Å²) in [5, 5.41) is 1.14. The Kier molecular flexibility index (Phi) is 2.77. The van der Waals surface area contributed by atoms with Crippen molar-refractivity contribution < 1.29 is 4.74 Å². The Bertz CT molecular complexity index is 655. The molecule has 0 amide bonds. The molecule has 0 saturated carbocycles. The summed E-state index contributed by atoms with van der Waals surface area (Å²) in [5.74, 6) is 0.944. The largest absolute Gasteiger partial charge is 0.491 e. The quantitative estimate of drug-likeness (QED) is 0.724. The second kappa shape index (κ2) is 4.57. The van der Waals surface area contributed by atoms with Crippen LogP contribution in [0.2, 0.25) is 0 Å². The molecule has 1 aromatic heterocycles. The van der Waals surface area contributed by atoms with Crippen LogP contribution in [0.1, 0.15) is 6.92 Å². The number of rotatable bonds is 3. The summed E-state index contributed by atoms with van der Waals surface area (Å²) in [4.78, 5) is 3.44. The van der Waals surface area contributed by atoms with Gasteiger partial charge in [-0.15, -0.1) is 0 Å². The van der Waals surface area contributed by atoms with Crippen LogP contribution in [0.25, 0.3) is 22.2 Å². The van der Waals surface area contributed by atoms with Gasteiger partial charge in [-0.05, 0) is 19.1 Å². The van der Waals surface area contributed by atoms with Gasteiger partial charge >= 0.3 is 0 Å². The van der Waals surface area contributed by atoms with Crippen molar-refractivity contribution in [3.05, 3.63) is 54.6 Å². The van der Waals surface area contributed by atoms with E-state index in [1.54, 1.807) is 0 Å². The molecule has 2 nitrogen and oxygen atoms in total. The van der Waals surface area contributed by atoms with Gasteiger partial charge in [-0.3, -0.25) is 0 Å². The van der Waals surface area contributed by atoms with Crippen molar-refractivity contribution in [1.29, 1.82) is 0 Å². The smallest absolute Gasteiger partial charge is 0.152 e. The monoisotopic (exact) mass is 237 g/mol. The molecule has 1 N–H and O–H groups in total. The van der Waals surface area contributed by atoms with Gasteiger partial charge in [0, 0.05) is 16.5 Å². The number of benzene rings is 2. The van der Waals surface area contributed by atoms with Crippen LogP contribution in [0.15, 0.2) is 54.6 Å². The molecule has 2 heteroatoms. The van der Waals surface area contributed by atoms with Gasteiger partial charge in [-0.25, -0.2) is 0 Å². The molecule has 90 valence electrons. The topological polar surface area (TPSA) is 25.0 Å². The number of fused-ring (bicyclic) bond motifs is 1. The molecule has 0 bridgehead atoms. The summed E-state index contributed by atoms with van der Waals surface area (Å²) >= 11 is 0. The zero-order valence-electron chi connectivity index (χ0n) is 10.3. The molecule has 2 aromatic carbocycles. The Balaban J connectivity index is 2.25. The van der Waals surface area contributed by atoms with E-state index in [1.807, 2.05) is 37.3 Å². The Labute approximate surface area is 106 Å². The number of H-pyrrole nitrogens is 1. The number of hydrogen-bond acceptors (Lipinski definition) is 1. The molecule has 0 atom stereocenters. The van der Waals surface area contributed by atoms with E-state index in [-0.39, 0.29) is 0 Å². The summed E-state index contributed by atoms with van der Waals surface area (Å²) in [6, 6.07) is 18.5. The van der Waals surface area contributed by atoms with Crippen molar-refractivity contribution in [2.75, 3.05) is 6.61 Å². The molecule has 0 aliphatic rings. The Morgan fingerprint density at radius 1 is 0.944 bits per heavy atom. The first-order chi connectivity index (χ1) is 8.90. The normalized spacial score (nSPS) is 10.7. The summed E-state index contributed by atoms with van der Waals surface area (Å²) in [6.45, 7) is 2.68. The molecule has 0 radical (unpaired) electrons. The lowest BCUT2D eigenvalue weighted by atomic mass is 10.1. The molecular formula is C16H15NO. The average Bonchev–Trinajstić information content (AvgIpc) is 2.80. The minimum atomic E-state index is 0.668. The highest BCUT2D eigenvalue weighted by molar-refractivity contribution is 5.94. The van der Waals surface area contributed by atoms with Crippen LogP contribution >= 0.6 is 0 Å². The van der Waals surface area contributed by atoms with E-state index in [2.05, 4.69) is 29.2 Å². The zero-order chi connectivity index (χ0) is 12.4. The van der Waals surface area contributed by atoms with Crippen LogP contribution in [0.3, 0.4) is 0 Å². The predicted molar refractivity (Wildman–Crippen MR) is 74.9 cm³/mol. The number of aromatic nitrogens is 1. The van der Waals surface area contributed by atoms with Crippen molar-refractivity contribution in [2.24, 2.45) is 0 Å². The number of nitrogens with one attached hydrogen (secondary N) is 1. The molecule has 0 fully saturated rings. The maximum Gasteiger partial charge on any atom is 0.152 e. The molecule has 0 aliphatic heterocycles. The standard InChI is InChI=1S/C16H15NO/c1-2-18-16-13-10-6-7-11-14(13)17-15(16)12-8-4-3-5-9-12/h3-11,17H,2H2,1H3. The maximum atomic E-state index is 5.81. The fraction of sp³-hybridized carbons (Fsp3) is 0.125. The van der Waals surface area contributed by atoms with Crippen molar-refractivity contribution in [1.82, 2.24) is 4.98 Å². The van der Waals surface area contributed by atoms with Gasteiger partial charge in [-0.1, -0.05) is 42.5 Å². The minimum absolute atomic E-state index is 0.668. The summed E-state index contributed by atoms with van der Waals surface area (Å²) < 4.78 is 5.81. The molecule has 3 rings (SSSR count). The Morgan fingerprint density at radius 2 is 1.67 bits per heavy atom. The highest BCUT2D eigenvalue weighted by atomic mass is 16.5. The van der Waals surface area contributed by atoms with Crippen LogP contribution < -0.4 is 4.74 Å². The molecule has 3 aromatic rings. The summed E-state index contributed by atoms with van der Waals surface area (Å²) in [7, 11) is 0. The van der Waals surface area contributed by atoms with E-state index in [4.69, 9.17) is 4.74 Å². The minimum Gasteiger partial charge on any atom is -0.491 e. The highest BCUT2D eigenvalue weighted by Gasteiger charge is 2.13. The van der Waals surface area contributed by atoms with Crippen LogP contribution in [0.5, 0.6) is 5.75 Å². The van der Waals surface area contributed by atoms with Crippen molar-refractivity contribution >= 4 is 10.9 Å². The van der Waals surface area contributed by atoms with Gasteiger partial charge in [0.15, 0.2) is 5.75 Å². The second-order valence-electron chi connectivity index (χ2n) is 4.17. The van der Waals surface area contributed by atoms with Crippen LogP contribution in [0.4, 0.5) is 0 Å². The fourth-order valence-corrected chi connectivity index (χ4v) is 2.22. The summed E-state index contributed by atoms with van der Waals surface area (Å²) in [6.07, 6.45) is 0. The zero-order valence-corrected chi connectivity index (χ0v) is 10.3. The lowest BCUT2D eigenvalue weighted by Gasteiger charge is -2.05. The third-order valence-corrected chi connectivity index (χ3v) is 3.01. The van der Waals surface area contributed by atoms with Crippen LogP contribution in [0, 0.1) is 0 Å². The summed E-state index contributed by atoms with van der Waals surface area (Å²) in [5.41, 5.74) is 3.32. The molecular weight excluding hydrogens is 222 g/mol. The average molecular weight is 237 g/mol. The number of hydrogen-bond donors (Lipinski definition) is 1. The molecule has 0 aliphatic carbocycles. The first kappa shape index (κ1) is 10.9. The first-order valence-electron chi connectivity index (χ1n) is 6.19. The van der Waals surface area contributed by atoms with Crippen LogP contribution in [-0.2, 0) is 0 Å². The van der Waals surface area contributed by atoms with E-state index in [1.165, 1.54) is 0 Å². The van der Waals surface area contributed by atoms with Crippen molar-refractivity contribution in [2.45, 2.75) is 6.92 Å². The van der Waals surface area contributed by atoms with E-state index < -0.39 is 0 Å².